The van der Waals surface area contributed by atoms with E-state index in [0.717, 1.165) is 22.9 Å². The van der Waals surface area contributed by atoms with E-state index in [0.29, 0.717) is 11.1 Å². The van der Waals surface area contributed by atoms with Gasteiger partial charge in [0.15, 0.2) is 0 Å². The van der Waals surface area contributed by atoms with Crippen molar-refractivity contribution in [2.24, 2.45) is 0 Å². The monoisotopic (exact) mass is 303 g/mol. The van der Waals surface area contributed by atoms with Crippen LogP contribution in [0.1, 0.15) is 56.5 Å². The molecule has 0 aliphatic rings. The van der Waals surface area contributed by atoms with Crippen LogP contribution in [-0.4, -0.2) is 9.97 Å². The van der Waals surface area contributed by atoms with Crippen LogP contribution in [0.5, 0.6) is 0 Å². The SMILES string of the molecule is Cc1c(Cl)nc(C(C)C)nc1Nc1cccc(C(C)C)c1. The van der Waals surface area contributed by atoms with Gasteiger partial charge in [0.25, 0.3) is 0 Å². The molecule has 0 amide bonds. The number of anilines is 2. The van der Waals surface area contributed by atoms with E-state index in [-0.39, 0.29) is 5.92 Å². The fourth-order valence-electron chi connectivity index (χ4n) is 2.00. The van der Waals surface area contributed by atoms with E-state index in [1.807, 2.05) is 13.0 Å². The maximum atomic E-state index is 6.22. The molecule has 4 heteroatoms. The van der Waals surface area contributed by atoms with Crippen molar-refractivity contribution >= 4 is 23.1 Å². The molecule has 2 aromatic rings. The molecule has 3 nitrogen and oxygen atoms in total. The Morgan fingerprint density at radius 1 is 1.05 bits per heavy atom. The van der Waals surface area contributed by atoms with E-state index in [9.17, 15) is 0 Å². The number of rotatable bonds is 4. The van der Waals surface area contributed by atoms with Crippen LogP contribution >= 0.6 is 11.6 Å². The molecular weight excluding hydrogens is 282 g/mol. The molecule has 21 heavy (non-hydrogen) atoms. The van der Waals surface area contributed by atoms with E-state index in [1.54, 1.807) is 0 Å². The maximum Gasteiger partial charge on any atom is 0.138 e. The minimum atomic E-state index is 0.241. The zero-order chi connectivity index (χ0) is 15.6. The first-order valence-electron chi connectivity index (χ1n) is 7.29. The fourth-order valence-corrected chi connectivity index (χ4v) is 2.17. The Kier molecular flexibility index (Phi) is 4.84. The van der Waals surface area contributed by atoms with Crippen LogP contribution in [0.3, 0.4) is 0 Å². The fraction of sp³-hybridized carbons (Fsp3) is 0.412. The van der Waals surface area contributed by atoms with Crippen molar-refractivity contribution in [2.45, 2.75) is 46.5 Å². The normalized spacial score (nSPS) is 11.2. The van der Waals surface area contributed by atoms with Crippen molar-refractivity contribution in [1.82, 2.24) is 9.97 Å². The Hall–Kier alpha value is -1.61. The van der Waals surface area contributed by atoms with Gasteiger partial charge in [0.1, 0.15) is 16.8 Å². The second kappa shape index (κ2) is 6.44. The van der Waals surface area contributed by atoms with Gasteiger partial charge in [-0.1, -0.05) is 51.4 Å². The van der Waals surface area contributed by atoms with Gasteiger partial charge in [-0.2, -0.15) is 0 Å². The van der Waals surface area contributed by atoms with Gasteiger partial charge in [-0.15, -0.1) is 0 Å². The molecule has 0 atom stereocenters. The number of hydrogen-bond donors (Lipinski definition) is 1. The van der Waals surface area contributed by atoms with Gasteiger partial charge in [-0.3, -0.25) is 0 Å². The van der Waals surface area contributed by atoms with Crippen LogP contribution in [0.15, 0.2) is 24.3 Å². The third-order valence-electron chi connectivity index (χ3n) is 3.44. The van der Waals surface area contributed by atoms with E-state index < -0.39 is 0 Å². The molecule has 0 aliphatic heterocycles. The van der Waals surface area contributed by atoms with Crippen molar-refractivity contribution in [3.05, 3.63) is 46.4 Å². The van der Waals surface area contributed by atoms with Gasteiger partial charge >= 0.3 is 0 Å². The van der Waals surface area contributed by atoms with Crippen molar-refractivity contribution in [3.63, 3.8) is 0 Å². The highest BCUT2D eigenvalue weighted by Gasteiger charge is 2.12. The van der Waals surface area contributed by atoms with Gasteiger partial charge in [0, 0.05) is 17.2 Å². The molecule has 2 rings (SSSR count). The van der Waals surface area contributed by atoms with Crippen molar-refractivity contribution in [1.29, 1.82) is 0 Å². The lowest BCUT2D eigenvalue weighted by atomic mass is 10.0. The zero-order valence-electron chi connectivity index (χ0n) is 13.2. The predicted octanol–water partition coefficient (Wildman–Crippen LogP) is 5.43. The van der Waals surface area contributed by atoms with Gasteiger partial charge < -0.3 is 5.32 Å². The van der Waals surface area contributed by atoms with E-state index in [2.05, 4.69) is 61.2 Å². The van der Waals surface area contributed by atoms with Gasteiger partial charge in [0.05, 0.1) is 0 Å². The second-order valence-electron chi connectivity index (χ2n) is 5.91. The third-order valence-corrected chi connectivity index (χ3v) is 3.80. The lowest BCUT2D eigenvalue weighted by molar-refractivity contribution is 0.773. The number of aromatic nitrogens is 2. The summed E-state index contributed by atoms with van der Waals surface area (Å²) < 4.78 is 0. The summed E-state index contributed by atoms with van der Waals surface area (Å²) in [7, 11) is 0. The highest BCUT2D eigenvalue weighted by molar-refractivity contribution is 6.30. The van der Waals surface area contributed by atoms with Crippen LogP contribution in [0.4, 0.5) is 11.5 Å². The van der Waals surface area contributed by atoms with E-state index in [1.165, 1.54) is 5.56 Å². The maximum absolute atomic E-state index is 6.22. The molecule has 1 N–H and O–H groups in total. The van der Waals surface area contributed by atoms with Gasteiger partial charge in [-0.25, -0.2) is 9.97 Å². The lowest BCUT2D eigenvalue weighted by Gasteiger charge is -2.14. The van der Waals surface area contributed by atoms with Crippen LogP contribution in [0, 0.1) is 6.92 Å². The van der Waals surface area contributed by atoms with Crippen LogP contribution in [0.2, 0.25) is 5.15 Å². The summed E-state index contributed by atoms with van der Waals surface area (Å²) in [4.78, 5) is 8.93. The Morgan fingerprint density at radius 2 is 1.76 bits per heavy atom. The molecule has 1 aromatic carbocycles. The topological polar surface area (TPSA) is 37.8 Å². The minimum Gasteiger partial charge on any atom is -0.340 e. The summed E-state index contributed by atoms with van der Waals surface area (Å²) in [6, 6.07) is 8.37. The first kappa shape index (κ1) is 15.8. The first-order valence-corrected chi connectivity index (χ1v) is 7.67. The summed E-state index contributed by atoms with van der Waals surface area (Å²) in [5.41, 5.74) is 3.19. The smallest absolute Gasteiger partial charge is 0.138 e. The second-order valence-corrected chi connectivity index (χ2v) is 6.26. The van der Waals surface area contributed by atoms with Crippen molar-refractivity contribution in [3.8, 4) is 0 Å². The van der Waals surface area contributed by atoms with Gasteiger partial charge in [-0.05, 0) is 30.5 Å². The van der Waals surface area contributed by atoms with E-state index in [4.69, 9.17) is 11.6 Å². The average Bonchev–Trinajstić information content (AvgIpc) is 2.43. The zero-order valence-corrected chi connectivity index (χ0v) is 14.0. The molecule has 0 fully saturated rings. The Balaban J connectivity index is 2.37. The molecule has 0 radical (unpaired) electrons. The molecule has 0 spiro atoms. The number of benzene rings is 1. The molecule has 0 saturated heterocycles. The summed E-state index contributed by atoms with van der Waals surface area (Å²) in [6.07, 6.45) is 0. The number of nitrogens with one attached hydrogen (secondary N) is 1. The highest BCUT2D eigenvalue weighted by atomic mass is 35.5. The van der Waals surface area contributed by atoms with Crippen molar-refractivity contribution < 1.29 is 0 Å². The summed E-state index contributed by atoms with van der Waals surface area (Å²) in [5, 5.41) is 3.88. The summed E-state index contributed by atoms with van der Waals surface area (Å²) >= 11 is 6.22. The molecular formula is C17H22ClN3. The summed E-state index contributed by atoms with van der Waals surface area (Å²) in [5.74, 6) is 2.27. The number of nitrogens with zero attached hydrogens (tertiary/aromatic N) is 2. The van der Waals surface area contributed by atoms with E-state index >= 15 is 0 Å². The third kappa shape index (κ3) is 3.73. The molecule has 0 bridgehead atoms. The van der Waals surface area contributed by atoms with Crippen LogP contribution < -0.4 is 5.32 Å². The quantitative estimate of drug-likeness (QED) is 0.765. The number of halogens is 1. The standard InChI is InChI=1S/C17H22ClN3/c1-10(2)13-7-6-8-14(9-13)19-17-12(5)15(18)20-16(21-17)11(3)4/h6-11H,1-5H3,(H,19,20,21). The van der Waals surface area contributed by atoms with Gasteiger partial charge in [0.2, 0.25) is 0 Å². The average molecular weight is 304 g/mol. The molecule has 0 unspecified atom stereocenters. The molecule has 1 heterocycles. The molecule has 1 aromatic heterocycles. The Morgan fingerprint density at radius 3 is 2.38 bits per heavy atom. The lowest BCUT2D eigenvalue weighted by Crippen LogP contribution is -2.05. The predicted molar refractivity (Wildman–Crippen MR) is 89.7 cm³/mol. The van der Waals surface area contributed by atoms with Crippen molar-refractivity contribution in [2.75, 3.05) is 5.32 Å². The Bertz CT molecular complexity index is 636. The number of hydrogen-bond acceptors (Lipinski definition) is 3. The molecule has 0 aliphatic carbocycles. The molecule has 112 valence electrons. The summed E-state index contributed by atoms with van der Waals surface area (Å²) in [6.45, 7) is 10.4. The minimum absolute atomic E-state index is 0.241. The molecule has 0 saturated carbocycles. The van der Waals surface area contributed by atoms with Crippen LogP contribution in [0.25, 0.3) is 0 Å². The first-order chi connectivity index (χ1) is 9.88. The van der Waals surface area contributed by atoms with Crippen LogP contribution in [-0.2, 0) is 0 Å². The Labute approximate surface area is 131 Å². The highest BCUT2D eigenvalue weighted by Crippen LogP contribution is 2.27. The largest absolute Gasteiger partial charge is 0.340 e.